The number of fused-ring (bicyclic) bond motifs is 1. The second-order valence-corrected chi connectivity index (χ2v) is 3.36. The van der Waals surface area contributed by atoms with Gasteiger partial charge in [0.1, 0.15) is 0 Å². The van der Waals surface area contributed by atoms with Crippen molar-refractivity contribution in [1.29, 1.82) is 0 Å². The van der Waals surface area contributed by atoms with Crippen LogP contribution in [0.4, 0.5) is 0 Å². The monoisotopic (exact) mass is 201 g/mol. The van der Waals surface area contributed by atoms with Gasteiger partial charge in [0.25, 0.3) is 0 Å². The van der Waals surface area contributed by atoms with Gasteiger partial charge < -0.3 is 5.32 Å². The molecule has 0 aromatic heterocycles. The molecule has 0 amide bonds. The summed E-state index contributed by atoms with van der Waals surface area (Å²) in [5.41, 5.74) is 4.98. The van der Waals surface area contributed by atoms with Crippen LogP contribution >= 0.6 is 0 Å². The molecule has 1 heterocycles. The number of nitrogens with one attached hydrogen (secondary N) is 1. The average molecular weight is 201 g/mol. The topological polar surface area (TPSA) is 12.0 Å². The maximum atomic E-state index is 3.89. The Morgan fingerprint density at radius 2 is 1.93 bits per heavy atom. The highest BCUT2D eigenvalue weighted by atomic mass is 14.9. The number of allylic oxidation sites excluding steroid dienone is 1. The molecule has 1 aliphatic rings. The zero-order chi connectivity index (χ0) is 11.3. The maximum absolute atomic E-state index is 3.89. The van der Waals surface area contributed by atoms with E-state index in [1.807, 2.05) is 19.9 Å². The average Bonchev–Trinajstić information content (AvgIpc) is 2.45. The van der Waals surface area contributed by atoms with Crippen LogP contribution in [-0.2, 0) is 6.54 Å². The Hall–Kier alpha value is -1.50. The van der Waals surface area contributed by atoms with Gasteiger partial charge in [-0.05, 0) is 29.7 Å². The highest BCUT2D eigenvalue weighted by Crippen LogP contribution is 2.19. The lowest BCUT2D eigenvalue weighted by molar-refractivity contribution is 0.841. The van der Waals surface area contributed by atoms with Crippen molar-refractivity contribution < 1.29 is 0 Å². The van der Waals surface area contributed by atoms with Crippen molar-refractivity contribution in [1.82, 2.24) is 5.32 Å². The SMILES string of the molecule is C=C1C=Cc2c(C)cccc2CN1.CC. The maximum Gasteiger partial charge on any atom is 0.0406 e. The highest BCUT2D eigenvalue weighted by molar-refractivity contribution is 5.61. The summed E-state index contributed by atoms with van der Waals surface area (Å²) in [5.74, 6) is 0. The van der Waals surface area contributed by atoms with Crippen molar-refractivity contribution >= 4 is 6.08 Å². The fraction of sp³-hybridized carbons (Fsp3) is 0.286. The molecule has 0 bridgehead atoms. The van der Waals surface area contributed by atoms with Crippen molar-refractivity contribution in [2.24, 2.45) is 0 Å². The minimum atomic E-state index is 0.878. The molecular weight excluding hydrogens is 182 g/mol. The van der Waals surface area contributed by atoms with Crippen molar-refractivity contribution in [3.63, 3.8) is 0 Å². The summed E-state index contributed by atoms with van der Waals surface area (Å²) in [7, 11) is 0. The molecule has 0 spiro atoms. The minimum Gasteiger partial charge on any atom is -0.381 e. The second-order valence-electron chi connectivity index (χ2n) is 3.36. The summed E-state index contributed by atoms with van der Waals surface area (Å²) in [6, 6.07) is 6.38. The van der Waals surface area contributed by atoms with E-state index in [9.17, 15) is 0 Å². The Bertz CT molecular complexity index is 375. The number of benzene rings is 1. The van der Waals surface area contributed by atoms with Gasteiger partial charge in [-0.2, -0.15) is 0 Å². The lowest BCUT2D eigenvalue weighted by Crippen LogP contribution is -2.09. The largest absolute Gasteiger partial charge is 0.381 e. The molecule has 1 aromatic rings. The second kappa shape index (κ2) is 5.40. The van der Waals surface area contributed by atoms with Crippen LogP contribution in [0.1, 0.15) is 30.5 Å². The molecule has 15 heavy (non-hydrogen) atoms. The number of rotatable bonds is 0. The first-order chi connectivity index (χ1) is 7.27. The quantitative estimate of drug-likeness (QED) is 0.675. The van der Waals surface area contributed by atoms with Crippen molar-refractivity contribution in [3.05, 3.63) is 53.2 Å². The third kappa shape index (κ3) is 2.72. The molecule has 0 saturated heterocycles. The Morgan fingerprint density at radius 3 is 2.67 bits per heavy atom. The van der Waals surface area contributed by atoms with Gasteiger partial charge in [-0.3, -0.25) is 0 Å². The first-order valence-electron chi connectivity index (χ1n) is 5.47. The Balaban J connectivity index is 0.000000531. The van der Waals surface area contributed by atoms with Crippen LogP contribution in [0.15, 0.2) is 36.6 Å². The number of aryl methyl sites for hydroxylation is 1. The van der Waals surface area contributed by atoms with Crippen LogP contribution in [0.3, 0.4) is 0 Å². The fourth-order valence-corrected chi connectivity index (χ4v) is 1.59. The van der Waals surface area contributed by atoms with Crippen molar-refractivity contribution in [2.45, 2.75) is 27.3 Å². The van der Waals surface area contributed by atoms with Crippen molar-refractivity contribution in [3.8, 4) is 0 Å². The van der Waals surface area contributed by atoms with Crippen LogP contribution < -0.4 is 5.32 Å². The van der Waals surface area contributed by atoms with E-state index in [0.717, 1.165) is 12.2 Å². The lowest BCUT2D eigenvalue weighted by Gasteiger charge is -2.06. The van der Waals surface area contributed by atoms with E-state index in [1.165, 1.54) is 16.7 Å². The minimum absolute atomic E-state index is 0.878. The van der Waals surface area contributed by atoms with Gasteiger partial charge in [-0.15, -0.1) is 0 Å². The van der Waals surface area contributed by atoms with Gasteiger partial charge in [-0.1, -0.05) is 44.7 Å². The van der Waals surface area contributed by atoms with Crippen LogP contribution in [0, 0.1) is 6.92 Å². The van der Waals surface area contributed by atoms with Gasteiger partial charge in [0.05, 0.1) is 0 Å². The molecule has 0 fully saturated rings. The molecule has 2 rings (SSSR count). The van der Waals surface area contributed by atoms with E-state index in [4.69, 9.17) is 0 Å². The first kappa shape index (κ1) is 11.6. The molecule has 0 atom stereocenters. The van der Waals surface area contributed by atoms with Crippen LogP contribution in [-0.4, -0.2) is 0 Å². The summed E-state index contributed by atoms with van der Waals surface area (Å²) in [5, 5.41) is 3.25. The van der Waals surface area contributed by atoms with Gasteiger partial charge in [-0.25, -0.2) is 0 Å². The molecule has 1 aliphatic heterocycles. The standard InChI is InChI=1S/C12H13N.C2H6/c1-9-4-3-5-11-8-13-10(2)6-7-12(9)11;1-2/h3-7,13H,2,8H2,1H3;1-2H3. The van der Waals surface area contributed by atoms with E-state index in [2.05, 4.69) is 43.1 Å². The Kier molecular flexibility index (Phi) is 4.17. The highest BCUT2D eigenvalue weighted by Gasteiger charge is 2.05. The van der Waals surface area contributed by atoms with Gasteiger partial charge in [0, 0.05) is 12.2 Å². The van der Waals surface area contributed by atoms with Crippen LogP contribution in [0.5, 0.6) is 0 Å². The first-order valence-corrected chi connectivity index (χ1v) is 5.47. The molecular formula is C14H19N. The normalized spacial score (nSPS) is 13.1. The summed E-state index contributed by atoms with van der Waals surface area (Å²) < 4.78 is 0. The molecule has 80 valence electrons. The van der Waals surface area contributed by atoms with E-state index < -0.39 is 0 Å². The predicted molar refractivity (Wildman–Crippen MR) is 67.5 cm³/mol. The molecule has 1 nitrogen and oxygen atoms in total. The zero-order valence-electron chi connectivity index (χ0n) is 9.80. The molecule has 1 aromatic carbocycles. The molecule has 1 heteroatoms. The fourth-order valence-electron chi connectivity index (χ4n) is 1.59. The lowest BCUT2D eigenvalue weighted by atomic mass is 10.0. The number of hydrogen-bond acceptors (Lipinski definition) is 1. The molecule has 0 saturated carbocycles. The predicted octanol–water partition coefficient (Wildman–Crippen LogP) is 3.65. The van der Waals surface area contributed by atoms with Crippen molar-refractivity contribution in [2.75, 3.05) is 0 Å². The van der Waals surface area contributed by atoms with E-state index in [-0.39, 0.29) is 0 Å². The van der Waals surface area contributed by atoms with Crippen LogP contribution in [0.25, 0.3) is 6.08 Å². The third-order valence-corrected chi connectivity index (χ3v) is 2.37. The van der Waals surface area contributed by atoms with Gasteiger partial charge in [0.2, 0.25) is 0 Å². The number of hydrogen-bond donors (Lipinski definition) is 1. The summed E-state index contributed by atoms with van der Waals surface area (Å²) in [6.07, 6.45) is 4.16. The zero-order valence-corrected chi connectivity index (χ0v) is 9.80. The summed E-state index contributed by atoms with van der Waals surface area (Å²) in [4.78, 5) is 0. The smallest absolute Gasteiger partial charge is 0.0406 e. The molecule has 0 unspecified atom stereocenters. The van der Waals surface area contributed by atoms with E-state index in [0.29, 0.717) is 0 Å². The molecule has 0 radical (unpaired) electrons. The van der Waals surface area contributed by atoms with Gasteiger partial charge >= 0.3 is 0 Å². The van der Waals surface area contributed by atoms with Crippen LogP contribution in [0.2, 0.25) is 0 Å². The molecule has 1 N–H and O–H groups in total. The summed E-state index contributed by atoms with van der Waals surface area (Å²) in [6.45, 7) is 10.9. The Morgan fingerprint density at radius 1 is 1.20 bits per heavy atom. The van der Waals surface area contributed by atoms with Gasteiger partial charge in [0.15, 0.2) is 0 Å². The Labute approximate surface area is 92.5 Å². The summed E-state index contributed by atoms with van der Waals surface area (Å²) >= 11 is 0. The van der Waals surface area contributed by atoms with E-state index in [1.54, 1.807) is 0 Å². The van der Waals surface area contributed by atoms with E-state index >= 15 is 0 Å². The molecule has 0 aliphatic carbocycles. The third-order valence-electron chi connectivity index (χ3n) is 2.37.